The Morgan fingerprint density at radius 2 is 0.909 bits per heavy atom. The summed E-state index contributed by atoms with van der Waals surface area (Å²) in [7, 11) is 3.41. The molecule has 0 aliphatic carbocycles. The largest absolute Gasteiger partial charge is 0.453 e. The molecule has 12 nitrogen and oxygen atoms in total. The zero-order valence-corrected chi connectivity index (χ0v) is 12.5. The molecule has 1 rings (SSSR count). The van der Waals surface area contributed by atoms with Crippen LogP contribution in [0.25, 0.3) is 0 Å². The Bertz CT molecular complexity index is 467. The van der Waals surface area contributed by atoms with Gasteiger partial charge in [0.2, 0.25) is 17.8 Å². The number of hydrogen-bond acceptors (Lipinski definition) is 9. The Labute approximate surface area is 130 Å². The minimum absolute atomic E-state index is 0. The molecule has 0 atom stereocenters. The van der Waals surface area contributed by atoms with Crippen molar-refractivity contribution in [3.05, 3.63) is 0 Å². The van der Waals surface area contributed by atoms with Crippen LogP contribution in [0, 0.1) is 0 Å². The Hall–Kier alpha value is -2.89. The molecule has 1 heterocycles. The summed E-state index contributed by atoms with van der Waals surface area (Å²) in [5.74, 6) is -0.807. The lowest BCUT2D eigenvalue weighted by atomic mass is 10.7. The van der Waals surface area contributed by atoms with Gasteiger partial charge in [0.25, 0.3) is 0 Å². The second-order valence-electron chi connectivity index (χ2n) is 3.16. The predicted molar refractivity (Wildman–Crippen MR) is 75.2 cm³/mol. The van der Waals surface area contributed by atoms with Crippen LogP contribution < -0.4 is 16.0 Å². The first kappa shape index (κ1) is 19.1. The summed E-state index contributed by atoms with van der Waals surface area (Å²) >= 11 is 0. The number of anilines is 3. The molecule has 0 bridgehead atoms. The van der Waals surface area contributed by atoms with E-state index in [2.05, 4.69) is 45.1 Å². The summed E-state index contributed by atoms with van der Waals surface area (Å²) in [5.41, 5.74) is 0. The van der Waals surface area contributed by atoms with Gasteiger partial charge >= 0.3 is 18.3 Å². The fraction of sp³-hybridized carbons (Fsp3) is 0.333. The van der Waals surface area contributed by atoms with Crippen LogP contribution in [0.2, 0.25) is 0 Å². The number of ether oxygens (including phenoxy) is 3. The highest BCUT2D eigenvalue weighted by Gasteiger charge is 2.13. The van der Waals surface area contributed by atoms with E-state index in [1.165, 1.54) is 0 Å². The number of methoxy groups -OCH3 is 3. The van der Waals surface area contributed by atoms with E-state index in [-0.39, 0.29) is 30.3 Å². The van der Waals surface area contributed by atoms with Crippen molar-refractivity contribution >= 4 is 48.5 Å². The molecule has 0 unspecified atom stereocenters. The quantitative estimate of drug-likeness (QED) is 0.680. The topological polar surface area (TPSA) is 154 Å². The van der Waals surface area contributed by atoms with Gasteiger partial charge < -0.3 is 14.2 Å². The molecule has 1 aromatic heterocycles. The number of nitrogens with zero attached hydrogens (tertiary/aromatic N) is 3. The van der Waals surface area contributed by atoms with Crippen molar-refractivity contribution in [3.63, 3.8) is 0 Å². The molecule has 0 saturated heterocycles. The van der Waals surface area contributed by atoms with Crippen molar-refractivity contribution in [1.82, 2.24) is 15.0 Å². The average molecular weight is 337 g/mol. The summed E-state index contributed by atoms with van der Waals surface area (Å²) in [6, 6.07) is 0. The third-order valence-corrected chi connectivity index (χ3v) is 1.83. The lowest BCUT2D eigenvalue weighted by molar-refractivity contribution is 0.186. The molecule has 0 aromatic carbocycles. The zero-order valence-electron chi connectivity index (χ0n) is 11.7. The molecule has 0 radical (unpaired) electrons. The van der Waals surface area contributed by atoms with Crippen LogP contribution in [-0.4, -0.2) is 54.6 Å². The maximum atomic E-state index is 11.1. The number of amides is 3. The van der Waals surface area contributed by atoms with Crippen molar-refractivity contribution in [2.45, 2.75) is 0 Å². The first-order valence-corrected chi connectivity index (χ1v) is 5.29. The molecule has 3 N–H and O–H groups in total. The van der Waals surface area contributed by atoms with Gasteiger partial charge in [-0.05, 0) is 0 Å². The number of carbonyl (C=O) groups excluding carboxylic acids is 3. The highest BCUT2D eigenvalue weighted by molar-refractivity contribution is 5.86. The second-order valence-corrected chi connectivity index (χ2v) is 3.16. The highest BCUT2D eigenvalue weighted by Crippen LogP contribution is 2.10. The smallest absolute Gasteiger partial charge is 0.413 e. The molecule has 13 heteroatoms. The van der Waals surface area contributed by atoms with Gasteiger partial charge in [-0.1, -0.05) is 0 Å². The SMILES string of the molecule is COC(=O)Nc1nc(NC(=O)OC)nc(NC(=O)OC)n1.Cl. The molecule has 1 aromatic rings. The van der Waals surface area contributed by atoms with E-state index in [4.69, 9.17) is 0 Å². The standard InChI is InChI=1S/C9H12N6O6.ClH/c1-19-7(16)13-4-10-5(14-8(17)20-2)12-6(11-4)15-9(18)21-3;/h1-3H3,(H3,10,11,12,13,14,15,16,17,18);1H. The Balaban J connectivity index is 0.00000441. The summed E-state index contributed by atoms with van der Waals surface area (Å²) in [5, 5.41) is 6.44. The highest BCUT2D eigenvalue weighted by atomic mass is 35.5. The van der Waals surface area contributed by atoms with E-state index in [1.807, 2.05) is 0 Å². The van der Waals surface area contributed by atoms with Crippen molar-refractivity contribution < 1.29 is 28.6 Å². The minimum Gasteiger partial charge on any atom is -0.453 e. The van der Waals surface area contributed by atoms with E-state index in [0.717, 1.165) is 21.3 Å². The van der Waals surface area contributed by atoms with Crippen LogP contribution in [-0.2, 0) is 14.2 Å². The van der Waals surface area contributed by atoms with Crippen LogP contribution in [0.15, 0.2) is 0 Å². The van der Waals surface area contributed by atoms with Crippen LogP contribution in [0.3, 0.4) is 0 Å². The molecule has 0 spiro atoms. The number of nitrogens with one attached hydrogen (secondary N) is 3. The molecular weight excluding hydrogens is 324 g/mol. The maximum Gasteiger partial charge on any atom is 0.413 e. The van der Waals surface area contributed by atoms with E-state index in [1.54, 1.807) is 0 Å². The van der Waals surface area contributed by atoms with Gasteiger partial charge in [-0.15, -0.1) is 12.4 Å². The number of aromatic nitrogens is 3. The number of halogens is 1. The maximum absolute atomic E-state index is 11.1. The van der Waals surface area contributed by atoms with Crippen molar-refractivity contribution in [3.8, 4) is 0 Å². The normalized spacial score (nSPS) is 8.86. The summed E-state index contributed by atoms with van der Waals surface area (Å²) < 4.78 is 13.1. The fourth-order valence-electron chi connectivity index (χ4n) is 0.971. The van der Waals surface area contributed by atoms with Gasteiger partial charge in [0, 0.05) is 0 Å². The fourth-order valence-corrected chi connectivity index (χ4v) is 0.971. The van der Waals surface area contributed by atoms with Gasteiger partial charge in [0.05, 0.1) is 21.3 Å². The third kappa shape index (κ3) is 6.04. The van der Waals surface area contributed by atoms with E-state index >= 15 is 0 Å². The average Bonchev–Trinajstić information content (AvgIpc) is 2.46. The number of rotatable bonds is 3. The first-order chi connectivity index (χ1) is 9.98. The number of hydrogen-bond donors (Lipinski definition) is 3. The molecule has 0 fully saturated rings. The molecule has 122 valence electrons. The van der Waals surface area contributed by atoms with E-state index in [9.17, 15) is 14.4 Å². The monoisotopic (exact) mass is 336 g/mol. The molecule has 0 aliphatic rings. The van der Waals surface area contributed by atoms with E-state index in [0.29, 0.717) is 0 Å². The first-order valence-electron chi connectivity index (χ1n) is 5.29. The lowest BCUT2D eigenvalue weighted by Crippen LogP contribution is -2.20. The predicted octanol–water partition coefficient (Wildman–Crippen LogP) is 0.828. The lowest BCUT2D eigenvalue weighted by Gasteiger charge is -2.08. The Morgan fingerprint density at radius 1 is 0.682 bits per heavy atom. The molecule has 22 heavy (non-hydrogen) atoms. The van der Waals surface area contributed by atoms with Crippen LogP contribution >= 0.6 is 12.4 Å². The molecule has 0 aliphatic heterocycles. The van der Waals surface area contributed by atoms with Crippen molar-refractivity contribution in [1.29, 1.82) is 0 Å². The number of carbonyl (C=O) groups is 3. The van der Waals surface area contributed by atoms with E-state index < -0.39 is 18.3 Å². The van der Waals surface area contributed by atoms with Gasteiger partial charge in [0.15, 0.2) is 0 Å². The molecule has 0 saturated carbocycles. The third-order valence-electron chi connectivity index (χ3n) is 1.83. The van der Waals surface area contributed by atoms with Crippen LogP contribution in [0.1, 0.15) is 0 Å². The van der Waals surface area contributed by atoms with Crippen LogP contribution in [0.5, 0.6) is 0 Å². The summed E-state index contributed by atoms with van der Waals surface area (Å²) in [6.07, 6.45) is -2.56. The van der Waals surface area contributed by atoms with Gasteiger partial charge in [0.1, 0.15) is 0 Å². The van der Waals surface area contributed by atoms with Crippen LogP contribution in [0.4, 0.5) is 32.2 Å². The van der Waals surface area contributed by atoms with Gasteiger partial charge in [-0.2, -0.15) is 15.0 Å². The zero-order chi connectivity index (χ0) is 15.8. The molecular formula is C9H13ClN6O6. The van der Waals surface area contributed by atoms with Gasteiger partial charge in [-0.25, -0.2) is 14.4 Å². The summed E-state index contributed by atoms with van der Waals surface area (Å²) in [4.78, 5) is 44.4. The second kappa shape index (κ2) is 9.12. The van der Waals surface area contributed by atoms with Crippen molar-refractivity contribution in [2.75, 3.05) is 37.3 Å². The van der Waals surface area contributed by atoms with Crippen molar-refractivity contribution in [2.24, 2.45) is 0 Å². The Morgan fingerprint density at radius 3 is 1.09 bits per heavy atom. The minimum atomic E-state index is -0.853. The van der Waals surface area contributed by atoms with Gasteiger partial charge in [-0.3, -0.25) is 16.0 Å². The molecule has 3 amide bonds. The Kier molecular flexibility index (Phi) is 7.92. The summed E-state index contributed by atoms with van der Waals surface area (Å²) in [6.45, 7) is 0.